The summed E-state index contributed by atoms with van der Waals surface area (Å²) in [4.78, 5) is 2.42. The van der Waals surface area contributed by atoms with E-state index in [2.05, 4.69) is 30.0 Å². The van der Waals surface area contributed by atoms with Crippen LogP contribution in [0.3, 0.4) is 0 Å². The van der Waals surface area contributed by atoms with Crippen molar-refractivity contribution in [2.45, 2.75) is 32.4 Å². The lowest BCUT2D eigenvalue weighted by atomic mass is 9.99. The molecule has 2 N–H and O–H groups in total. The molecular weight excluding hydrogens is 220 g/mol. The maximum absolute atomic E-state index is 6.18. The number of likely N-dealkylation sites (tertiary alicyclic amines) is 1. The fraction of sp³-hybridized carbons (Fsp3) is 0.538. The number of halogens is 1. The standard InChI is InChI=1S/C13H19ClN2/c1-3-16-7-6-12(15)13(16)10-5-4-9(2)11(14)8-10/h4-5,8,12-13H,3,6-7,15H2,1-2H3. The molecule has 1 fully saturated rings. The van der Waals surface area contributed by atoms with Crippen LogP contribution in [-0.4, -0.2) is 24.0 Å². The highest BCUT2D eigenvalue weighted by Crippen LogP contribution is 2.32. The zero-order valence-electron chi connectivity index (χ0n) is 9.91. The normalized spacial score (nSPS) is 26.2. The van der Waals surface area contributed by atoms with Crippen molar-refractivity contribution in [2.75, 3.05) is 13.1 Å². The second kappa shape index (κ2) is 4.74. The summed E-state index contributed by atoms with van der Waals surface area (Å²) in [5, 5.41) is 0.840. The van der Waals surface area contributed by atoms with Crippen LogP contribution in [0.5, 0.6) is 0 Å². The van der Waals surface area contributed by atoms with Crippen LogP contribution in [0.1, 0.15) is 30.5 Å². The van der Waals surface area contributed by atoms with E-state index in [0.29, 0.717) is 6.04 Å². The molecule has 0 aromatic heterocycles. The van der Waals surface area contributed by atoms with Crippen LogP contribution >= 0.6 is 11.6 Å². The van der Waals surface area contributed by atoms with Gasteiger partial charge in [-0.25, -0.2) is 0 Å². The molecule has 16 heavy (non-hydrogen) atoms. The average Bonchev–Trinajstić information content (AvgIpc) is 2.64. The second-order valence-electron chi connectivity index (χ2n) is 4.53. The first-order valence-corrected chi connectivity index (χ1v) is 6.27. The Morgan fingerprint density at radius 1 is 1.50 bits per heavy atom. The van der Waals surface area contributed by atoms with E-state index in [4.69, 9.17) is 17.3 Å². The van der Waals surface area contributed by atoms with Crippen LogP contribution in [0.4, 0.5) is 0 Å². The number of nitrogens with two attached hydrogens (primary N) is 1. The summed E-state index contributed by atoms with van der Waals surface area (Å²) in [5.74, 6) is 0. The summed E-state index contributed by atoms with van der Waals surface area (Å²) >= 11 is 6.17. The van der Waals surface area contributed by atoms with Gasteiger partial charge in [0.2, 0.25) is 0 Å². The van der Waals surface area contributed by atoms with Crippen molar-refractivity contribution in [3.63, 3.8) is 0 Å². The highest BCUT2D eigenvalue weighted by Gasteiger charge is 2.31. The monoisotopic (exact) mass is 238 g/mol. The summed E-state index contributed by atoms with van der Waals surface area (Å²) in [5.41, 5.74) is 8.56. The van der Waals surface area contributed by atoms with Crippen LogP contribution in [0.2, 0.25) is 5.02 Å². The Balaban J connectivity index is 2.31. The minimum atomic E-state index is 0.235. The largest absolute Gasteiger partial charge is 0.326 e. The van der Waals surface area contributed by atoms with E-state index < -0.39 is 0 Å². The lowest BCUT2D eigenvalue weighted by Crippen LogP contribution is -2.31. The number of hydrogen-bond acceptors (Lipinski definition) is 2. The Hall–Kier alpha value is -0.570. The molecule has 1 aromatic carbocycles. The van der Waals surface area contributed by atoms with Gasteiger partial charge in [0, 0.05) is 23.7 Å². The Morgan fingerprint density at radius 2 is 2.25 bits per heavy atom. The molecule has 1 aliphatic heterocycles. The lowest BCUT2D eigenvalue weighted by molar-refractivity contribution is 0.261. The summed E-state index contributed by atoms with van der Waals surface area (Å²) in [6.07, 6.45) is 1.07. The first-order chi connectivity index (χ1) is 7.63. The van der Waals surface area contributed by atoms with Gasteiger partial charge in [-0.3, -0.25) is 4.90 Å². The molecule has 1 aromatic rings. The van der Waals surface area contributed by atoms with Gasteiger partial charge in [-0.15, -0.1) is 0 Å². The van der Waals surface area contributed by atoms with Gasteiger partial charge in [-0.05, 0) is 37.1 Å². The number of hydrogen-bond donors (Lipinski definition) is 1. The molecular formula is C13H19ClN2. The minimum Gasteiger partial charge on any atom is -0.326 e. The van der Waals surface area contributed by atoms with Crippen LogP contribution in [-0.2, 0) is 0 Å². The summed E-state index contributed by atoms with van der Waals surface area (Å²) in [7, 11) is 0. The second-order valence-corrected chi connectivity index (χ2v) is 4.94. The molecule has 2 unspecified atom stereocenters. The van der Waals surface area contributed by atoms with Gasteiger partial charge in [-0.2, -0.15) is 0 Å². The van der Waals surface area contributed by atoms with Gasteiger partial charge in [-0.1, -0.05) is 30.7 Å². The van der Waals surface area contributed by atoms with Crippen molar-refractivity contribution in [1.29, 1.82) is 0 Å². The molecule has 88 valence electrons. The van der Waals surface area contributed by atoms with Gasteiger partial charge < -0.3 is 5.73 Å². The van der Waals surface area contributed by atoms with E-state index in [1.54, 1.807) is 0 Å². The van der Waals surface area contributed by atoms with Crippen LogP contribution in [0.25, 0.3) is 0 Å². The van der Waals surface area contributed by atoms with E-state index in [0.717, 1.165) is 30.1 Å². The molecule has 2 rings (SSSR count). The van der Waals surface area contributed by atoms with Crippen molar-refractivity contribution < 1.29 is 0 Å². The van der Waals surface area contributed by atoms with Gasteiger partial charge in [0.05, 0.1) is 0 Å². The highest BCUT2D eigenvalue weighted by molar-refractivity contribution is 6.31. The van der Waals surface area contributed by atoms with Crippen molar-refractivity contribution in [2.24, 2.45) is 5.73 Å². The summed E-state index contributed by atoms with van der Waals surface area (Å²) in [6.45, 7) is 6.34. The van der Waals surface area contributed by atoms with Gasteiger partial charge in [0.1, 0.15) is 0 Å². The van der Waals surface area contributed by atoms with E-state index in [-0.39, 0.29) is 6.04 Å². The number of likely N-dealkylation sites (N-methyl/N-ethyl adjacent to an activating group) is 1. The molecule has 0 amide bonds. The fourth-order valence-corrected chi connectivity index (χ4v) is 2.68. The molecule has 0 aliphatic carbocycles. The molecule has 1 heterocycles. The zero-order chi connectivity index (χ0) is 11.7. The highest BCUT2D eigenvalue weighted by atomic mass is 35.5. The van der Waals surface area contributed by atoms with Gasteiger partial charge in [0.25, 0.3) is 0 Å². The Bertz CT molecular complexity index is 378. The topological polar surface area (TPSA) is 29.3 Å². The minimum absolute atomic E-state index is 0.235. The van der Waals surface area contributed by atoms with Crippen LogP contribution in [0.15, 0.2) is 18.2 Å². The molecule has 2 atom stereocenters. The zero-order valence-corrected chi connectivity index (χ0v) is 10.7. The van der Waals surface area contributed by atoms with Crippen molar-refractivity contribution in [3.05, 3.63) is 34.3 Å². The van der Waals surface area contributed by atoms with Gasteiger partial charge in [0.15, 0.2) is 0 Å². The molecule has 3 heteroatoms. The SMILES string of the molecule is CCN1CCC(N)C1c1ccc(C)c(Cl)c1. The Kier molecular flexibility index (Phi) is 3.53. The lowest BCUT2D eigenvalue weighted by Gasteiger charge is -2.26. The first kappa shape index (κ1) is 11.9. The van der Waals surface area contributed by atoms with E-state index >= 15 is 0 Å². The van der Waals surface area contributed by atoms with Gasteiger partial charge >= 0.3 is 0 Å². The van der Waals surface area contributed by atoms with Crippen molar-refractivity contribution >= 4 is 11.6 Å². The number of benzene rings is 1. The van der Waals surface area contributed by atoms with Crippen LogP contribution < -0.4 is 5.73 Å². The predicted molar refractivity (Wildman–Crippen MR) is 68.8 cm³/mol. The molecule has 1 saturated heterocycles. The third kappa shape index (κ3) is 2.10. The summed E-state index contributed by atoms with van der Waals surface area (Å²) in [6, 6.07) is 6.87. The molecule has 0 bridgehead atoms. The number of nitrogens with zero attached hydrogens (tertiary/aromatic N) is 1. The van der Waals surface area contributed by atoms with Crippen molar-refractivity contribution in [1.82, 2.24) is 4.90 Å². The smallest absolute Gasteiger partial charge is 0.0500 e. The maximum Gasteiger partial charge on any atom is 0.0500 e. The molecule has 0 saturated carbocycles. The van der Waals surface area contributed by atoms with E-state index in [9.17, 15) is 0 Å². The average molecular weight is 239 g/mol. The number of aryl methyl sites for hydroxylation is 1. The summed E-state index contributed by atoms with van der Waals surface area (Å²) < 4.78 is 0. The van der Waals surface area contributed by atoms with E-state index in [1.165, 1.54) is 5.56 Å². The van der Waals surface area contributed by atoms with E-state index in [1.807, 2.05) is 6.92 Å². The quantitative estimate of drug-likeness (QED) is 0.859. The molecule has 0 spiro atoms. The first-order valence-electron chi connectivity index (χ1n) is 5.89. The maximum atomic E-state index is 6.18. The predicted octanol–water partition coefficient (Wildman–Crippen LogP) is 2.74. The third-order valence-electron chi connectivity index (χ3n) is 3.49. The molecule has 1 aliphatic rings. The fourth-order valence-electron chi connectivity index (χ4n) is 2.49. The Morgan fingerprint density at radius 3 is 2.88 bits per heavy atom. The third-order valence-corrected chi connectivity index (χ3v) is 3.90. The van der Waals surface area contributed by atoms with Crippen LogP contribution in [0, 0.1) is 6.92 Å². The van der Waals surface area contributed by atoms with Crippen molar-refractivity contribution in [3.8, 4) is 0 Å². The number of rotatable bonds is 2. The Labute approximate surface area is 102 Å². The molecule has 2 nitrogen and oxygen atoms in total. The molecule has 0 radical (unpaired) electrons.